The number of benzene rings is 1. The monoisotopic (exact) mass is 217 g/mol. The summed E-state index contributed by atoms with van der Waals surface area (Å²) in [6, 6.07) is 10.4. The fraction of sp³-hybridized carbons (Fsp3) is 0.250. The molecule has 0 radical (unpaired) electrons. The molecule has 1 fully saturated rings. The Bertz CT molecular complexity index is 473. The second kappa shape index (κ2) is 3.07. The van der Waals surface area contributed by atoms with Gasteiger partial charge in [0, 0.05) is 5.41 Å². The molecule has 3 rings (SSSR count). The number of hydrogen-bond donors (Lipinski definition) is 1. The van der Waals surface area contributed by atoms with Crippen LogP contribution in [0.25, 0.3) is 0 Å². The molecule has 0 spiro atoms. The molecule has 1 heterocycles. The van der Waals surface area contributed by atoms with Crippen molar-refractivity contribution < 1.29 is 5.11 Å². The molecule has 1 aliphatic carbocycles. The topological polar surface area (TPSA) is 33.1 Å². The van der Waals surface area contributed by atoms with Gasteiger partial charge in [-0.25, -0.2) is 4.98 Å². The van der Waals surface area contributed by atoms with Crippen LogP contribution in [0.3, 0.4) is 0 Å². The van der Waals surface area contributed by atoms with Crippen LogP contribution >= 0.6 is 11.3 Å². The summed E-state index contributed by atoms with van der Waals surface area (Å²) < 4.78 is 0. The first-order valence-corrected chi connectivity index (χ1v) is 5.90. The van der Waals surface area contributed by atoms with Gasteiger partial charge < -0.3 is 5.11 Å². The van der Waals surface area contributed by atoms with Crippen LogP contribution in [0.2, 0.25) is 0 Å². The zero-order chi connectivity index (χ0) is 10.3. The highest BCUT2D eigenvalue weighted by atomic mass is 32.1. The minimum Gasteiger partial charge on any atom is -0.493 e. The van der Waals surface area contributed by atoms with Gasteiger partial charge in [-0.1, -0.05) is 30.3 Å². The smallest absolute Gasteiger partial charge is 0.222 e. The van der Waals surface area contributed by atoms with E-state index in [-0.39, 0.29) is 11.3 Å². The highest BCUT2D eigenvalue weighted by Crippen LogP contribution is 2.54. The van der Waals surface area contributed by atoms with Gasteiger partial charge in [-0.05, 0) is 18.4 Å². The second-order valence-corrected chi connectivity index (χ2v) is 4.82. The maximum atomic E-state index is 9.29. The minimum absolute atomic E-state index is 0.104. The SMILES string of the molecule is Oc1csc(C2(c3ccccc3)CC2)n1. The predicted octanol–water partition coefficient (Wildman–Crippen LogP) is 2.93. The Hall–Kier alpha value is -1.35. The summed E-state index contributed by atoms with van der Waals surface area (Å²) in [5.74, 6) is 0.150. The van der Waals surface area contributed by atoms with Gasteiger partial charge >= 0.3 is 0 Å². The Morgan fingerprint density at radius 3 is 2.47 bits per heavy atom. The van der Waals surface area contributed by atoms with Crippen LogP contribution < -0.4 is 0 Å². The van der Waals surface area contributed by atoms with Gasteiger partial charge in [-0.2, -0.15) is 0 Å². The molecule has 2 aromatic rings. The molecule has 1 aromatic heterocycles. The second-order valence-electron chi connectivity index (χ2n) is 3.96. The van der Waals surface area contributed by atoms with E-state index in [1.54, 1.807) is 16.7 Å². The van der Waals surface area contributed by atoms with Gasteiger partial charge in [0.05, 0.1) is 5.38 Å². The van der Waals surface area contributed by atoms with E-state index in [2.05, 4.69) is 29.2 Å². The van der Waals surface area contributed by atoms with Crippen LogP contribution in [0.5, 0.6) is 5.88 Å². The molecule has 0 amide bonds. The van der Waals surface area contributed by atoms with Crippen molar-refractivity contribution >= 4 is 11.3 Å². The zero-order valence-electron chi connectivity index (χ0n) is 8.18. The molecule has 1 N–H and O–H groups in total. The largest absolute Gasteiger partial charge is 0.493 e. The van der Waals surface area contributed by atoms with Crippen molar-refractivity contribution in [2.24, 2.45) is 0 Å². The number of nitrogens with zero attached hydrogens (tertiary/aromatic N) is 1. The first kappa shape index (κ1) is 8.92. The molecule has 2 nitrogen and oxygen atoms in total. The minimum atomic E-state index is 0.104. The van der Waals surface area contributed by atoms with Crippen LogP contribution in [0.15, 0.2) is 35.7 Å². The molecule has 3 heteroatoms. The summed E-state index contributed by atoms with van der Waals surface area (Å²) in [7, 11) is 0. The maximum Gasteiger partial charge on any atom is 0.222 e. The summed E-state index contributed by atoms with van der Waals surface area (Å²) in [6.45, 7) is 0. The molecule has 0 saturated heterocycles. The fourth-order valence-electron chi connectivity index (χ4n) is 1.99. The highest BCUT2D eigenvalue weighted by Gasteiger charge is 2.48. The van der Waals surface area contributed by atoms with E-state index in [1.165, 1.54) is 5.56 Å². The quantitative estimate of drug-likeness (QED) is 0.839. The molecule has 0 unspecified atom stereocenters. The lowest BCUT2D eigenvalue weighted by Crippen LogP contribution is -2.07. The molecule has 1 saturated carbocycles. The summed E-state index contributed by atoms with van der Waals surface area (Å²) in [4.78, 5) is 4.20. The lowest BCUT2D eigenvalue weighted by molar-refractivity contribution is 0.454. The molecule has 15 heavy (non-hydrogen) atoms. The molecule has 1 aromatic carbocycles. The molecule has 76 valence electrons. The van der Waals surface area contributed by atoms with Crippen LogP contribution in [0.4, 0.5) is 0 Å². The molecular weight excluding hydrogens is 206 g/mol. The van der Waals surface area contributed by atoms with Crippen LogP contribution in [0.1, 0.15) is 23.4 Å². The van der Waals surface area contributed by atoms with Crippen molar-refractivity contribution in [1.82, 2.24) is 4.98 Å². The van der Waals surface area contributed by atoms with Crippen molar-refractivity contribution in [3.8, 4) is 5.88 Å². The van der Waals surface area contributed by atoms with Crippen molar-refractivity contribution in [3.05, 3.63) is 46.3 Å². The molecule has 1 aliphatic rings. The average Bonchev–Trinajstić information content (AvgIpc) is 2.98. The lowest BCUT2D eigenvalue weighted by atomic mass is 9.97. The summed E-state index contributed by atoms with van der Waals surface area (Å²) >= 11 is 1.55. The third-order valence-corrected chi connectivity index (χ3v) is 4.01. The number of rotatable bonds is 2. The van der Waals surface area contributed by atoms with Crippen LogP contribution in [-0.4, -0.2) is 10.1 Å². The summed E-state index contributed by atoms with van der Waals surface area (Å²) in [5, 5.41) is 12.0. The van der Waals surface area contributed by atoms with Gasteiger partial charge in [0.1, 0.15) is 5.01 Å². The summed E-state index contributed by atoms with van der Waals surface area (Å²) in [5.41, 5.74) is 1.42. The van der Waals surface area contributed by atoms with E-state index >= 15 is 0 Å². The normalized spacial score (nSPS) is 17.6. The molecular formula is C12H11NOS. The van der Waals surface area contributed by atoms with E-state index in [0.717, 1.165) is 17.8 Å². The third-order valence-electron chi connectivity index (χ3n) is 2.98. The zero-order valence-corrected chi connectivity index (χ0v) is 9.00. The Morgan fingerprint density at radius 2 is 1.93 bits per heavy atom. The van der Waals surface area contributed by atoms with E-state index < -0.39 is 0 Å². The Labute approximate surface area is 92.2 Å². The van der Waals surface area contributed by atoms with E-state index in [4.69, 9.17) is 0 Å². The van der Waals surface area contributed by atoms with Gasteiger partial charge in [-0.3, -0.25) is 0 Å². The Morgan fingerprint density at radius 1 is 1.20 bits per heavy atom. The molecule has 0 bridgehead atoms. The van der Waals surface area contributed by atoms with Crippen LogP contribution in [0, 0.1) is 0 Å². The van der Waals surface area contributed by atoms with Crippen molar-refractivity contribution in [1.29, 1.82) is 0 Å². The average molecular weight is 217 g/mol. The number of thiazole rings is 1. The number of aromatic hydroxyl groups is 1. The maximum absolute atomic E-state index is 9.29. The van der Waals surface area contributed by atoms with Crippen LogP contribution in [-0.2, 0) is 5.41 Å². The first-order chi connectivity index (χ1) is 7.31. The van der Waals surface area contributed by atoms with E-state index in [0.29, 0.717) is 0 Å². The fourth-order valence-corrected chi connectivity index (χ4v) is 2.96. The molecule has 0 atom stereocenters. The van der Waals surface area contributed by atoms with Crippen molar-refractivity contribution in [2.45, 2.75) is 18.3 Å². The van der Waals surface area contributed by atoms with E-state index in [1.807, 2.05) is 6.07 Å². The summed E-state index contributed by atoms with van der Waals surface area (Å²) in [6.07, 6.45) is 2.29. The van der Waals surface area contributed by atoms with E-state index in [9.17, 15) is 5.11 Å². The van der Waals surface area contributed by atoms with Gasteiger partial charge in [0.25, 0.3) is 0 Å². The van der Waals surface area contributed by atoms with Gasteiger partial charge in [0.15, 0.2) is 0 Å². The van der Waals surface area contributed by atoms with Crippen molar-refractivity contribution in [3.63, 3.8) is 0 Å². The van der Waals surface area contributed by atoms with Gasteiger partial charge in [0.2, 0.25) is 5.88 Å². The van der Waals surface area contributed by atoms with Crippen molar-refractivity contribution in [2.75, 3.05) is 0 Å². The Kier molecular flexibility index (Phi) is 1.83. The first-order valence-electron chi connectivity index (χ1n) is 5.02. The highest BCUT2D eigenvalue weighted by molar-refractivity contribution is 7.10. The number of aromatic nitrogens is 1. The number of hydrogen-bond acceptors (Lipinski definition) is 3. The lowest BCUT2D eigenvalue weighted by Gasteiger charge is -2.11. The standard InChI is InChI=1S/C12H11NOS/c14-10-8-15-11(13-10)12(6-7-12)9-4-2-1-3-5-9/h1-5,8,14H,6-7H2. The predicted molar refractivity (Wildman–Crippen MR) is 60.2 cm³/mol. The third kappa shape index (κ3) is 1.35. The van der Waals surface area contributed by atoms with Gasteiger partial charge in [-0.15, -0.1) is 11.3 Å². The Balaban J connectivity index is 2.05. The molecule has 0 aliphatic heterocycles.